The zero-order valence-corrected chi connectivity index (χ0v) is 10.4. The number of aliphatic hydroxyl groups excluding tert-OH is 1. The summed E-state index contributed by atoms with van der Waals surface area (Å²) in [6.07, 6.45) is -0.695. The summed E-state index contributed by atoms with van der Waals surface area (Å²) in [5.41, 5.74) is 5.81. The van der Waals surface area contributed by atoms with Crippen LogP contribution < -0.4 is 5.73 Å². The zero-order valence-electron chi connectivity index (χ0n) is 8.80. The van der Waals surface area contributed by atoms with E-state index in [-0.39, 0.29) is 5.82 Å². The number of hydrogen-bond acceptors (Lipinski definition) is 2. The summed E-state index contributed by atoms with van der Waals surface area (Å²) < 4.78 is 13.3. The smallest absolute Gasteiger partial charge is 0.137 e. The second kappa shape index (κ2) is 4.60. The van der Waals surface area contributed by atoms with Crippen LogP contribution in [0.3, 0.4) is 0 Å². The van der Waals surface area contributed by atoms with Gasteiger partial charge in [-0.1, -0.05) is 19.9 Å². The number of benzene rings is 1. The lowest BCUT2D eigenvalue weighted by Gasteiger charge is -2.29. The molecular weight excluding hydrogens is 261 g/mol. The van der Waals surface area contributed by atoms with Gasteiger partial charge in [-0.15, -0.1) is 0 Å². The monoisotopic (exact) mass is 275 g/mol. The lowest BCUT2D eigenvalue weighted by atomic mass is 9.83. The minimum atomic E-state index is -0.695. The Morgan fingerprint density at radius 1 is 1.53 bits per heavy atom. The Balaban J connectivity index is 3.02. The molecule has 1 aromatic rings. The number of nitrogens with two attached hydrogens (primary N) is 1. The highest BCUT2D eigenvalue weighted by Gasteiger charge is 2.27. The molecule has 0 radical (unpaired) electrons. The summed E-state index contributed by atoms with van der Waals surface area (Å²) in [6, 6.07) is 4.48. The predicted octanol–water partition coefficient (Wildman–Crippen LogP) is 2.61. The Kier molecular flexibility index (Phi) is 3.87. The number of rotatable bonds is 3. The molecule has 0 aromatic heterocycles. The maximum Gasteiger partial charge on any atom is 0.137 e. The van der Waals surface area contributed by atoms with Gasteiger partial charge in [0.2, 0.25) is 0 Å². The van der Waals surface area contributed by atoms with E-state index >= 15 is 0 Å². The highest BCUT2D eigenvalue weighted by molar-refractivity contribution is 9.10. The topological polar surface area (TPSA) is 46.2 Å². The number of halogens is 2. The molecule has 2 nitrogen and oxygen atoms in total. The first kappa shape index (κ1) is 12.6. The molecule has 1 atom stereocenters. The Morgan fingerprint density at radius 2 is 2.13 bits per heavy atom. The molecule has 0 amide bonds. The molecule has 0 aliphatic carbocycles. The van der Waals surface area contributed by atoms with E-state index in [1.165, 1.54) is 6.07 Å². The average Bonchev–Trinajstić information content (AvgIpc) is 2.21. The molecule has 4 heteroatoms. The van der Waals surface area contributed by atoms with Crippen molar-refractivity contribution in [1.82, 2.24) is 0 Å². The third-order valence-electron chi connectivity index (χ3n) is 2.53. The number of hydrogen-bond donors (Lipinski definition) is 2. The van der Waals surface area contributed by atoms with E-state index in [1.54, 1.807) is 12.1 Å². The quantitative estimate of drug-likeness (QED) is 0.891. The first-order chi connectivity index (χ1) is 6.88. The summed E-state index contributed by atoms with van der Waals surface area (Å²) in [5.74, 6) is -0.337. The Hall–Kier alpha value is -0.450. The van der Waals surface area contributed by atoms with Crippen LogP contribution in [0.4, 0.5) is 4.39 Å². The normalized spacial score (nSPS) is 14.0. The minimum absolute atomic E-state index is 0.337. The van der Waals surface area contributed by atoms with Crippen molar-refractivity contribution in [1.29, 1.82) is 0 Å². The Morgan fingerprint density at radius 3 is 2.60 bits per heavy atom. The van der Waals surface area contributed by atoms with Crippen LogP contribution in [0, 0.1) is 11.2 Å². The van der Waals surface area contributed by atoms with Crippen LogP contribution in [-0.2, 0) is 0 Å². The van der Waals surface area contributed by atoms with Crippen LogP contribution in [0.5, 0.6) is 0 Å². The van der Waals surface area contributed by atoms with Crippen LogP contribution in [0.1, 0.15) is 25.5 Å². The van der Waals surface area contributed by atoms with Gasteiger partial charge in [0.25, 0.3) is 0 Å². The van der Waals surface area contributed by atoms with E-state index in [4.69, 9.17) is 5.73 Å². The molecule has 1 unspecified atom stereocenters. The largest absolute Gasteiger partial charge is 0.388 e. The van der Waals surface area contributed by atoms with Crippen molar-refractivity contribution >= 4 is 15.9 Å². The van der Waals surface area contributed by atoms with Gasteiger partial charge >= 0.3 is 0 Å². The van der Waals surface area contributed by atoms with Crippen molar-refractivity contribution in [3.8, 4) is 0 Å². The van der Waals surface area contributed by atoms with Gasteiger partial charge in [-0.25, -0.2) is 4.39 Å². The SMILES string of the molecule is CC(C)(CN)C(O)c1ccc(F)c(Br)c1. The van der Waals surface area contributed by atoms with Gasteiger partial charge in [-0.2, -0.15) is 0 Å². The second-order valence-corrected chi connectivity index (χ2v) is 5.12. The molecule has 0 aliphatic heterocycles. The molecule has 1 rings (SSSR count). The van der Waals surface area contributed by atoms with Gasteiger partial charge in [-0.05, 0) is 33.6 Å². The summed E-state index contributed by atoms with van der Waals surface area (Å²) >= 11 is 3.09. The minimum Gasteiger partial charge on any atom is -0.388 e. The third-order valence-corrected chi connectivity index (χ3v) is 3.13. The zero-order chi connectivity index (χ0) is 11.6. The van der Waals surface area contributed by atoms with Crippen molar-refractivity contribution < 1.29 is 9.50 Å². The summed E-state index contributed by atoms with van der Waals surface area (Å²) in [4.78, 5) is 0. The van der Waals surface area contributed by atoms with E-state index in [9.17, 15) is 9.50 Å². The standard InChI is InChI=1S/C11H15BrFNO/c1-11(2,6-14)10(15)7-3-4-9(13)8(12)5-7/h3-5,10,15H,6,14H2,1-2H3. The fraction of sp³-hybridized carbons (Fsp3) is 0.455. The summed E-state index contributed by atoms with van der Waals surface area (Å²) in [5, 5.41) is 10.0. The highest BCUT2D eigenvalue weighted by atomic mass is 79.9. The van der Waals surface area contributed by atoms with Crippen LogP contribution in [0.15, 0.2) is 22.7 Å². The van der Waals surface area contributed by atoms with E-state index in [0.717, 1.165) is 0 Å². The fourth-order valence-electron chi connectivity index (χ4n) is 1.25. The average molecular weight is 276 g/mol. The van der Waals surface area contributed by atoms with Crippen LogP contribution in [-0.4, -0.2) is 11.7 Å². The maximum atomic E-state index is 13.0. The number of aliphatic hydroxyl groups is 1. The fourth-order valence-corrected chi connectivity index (χ4v) is 1.64. The molecule has 0 heterocycles. The van der Waals surface area contributed by atoms with Crippen LogP contribution in [0.2, 0.25) is 0 Å². The molecular formula is C11H15BrFNO. The van der Waals surface area contributed by atoms with Crippen molar-refractivity contribution in [3.63, 3.8) is 0 Å². The van der Waals surface area contributed by atoms with Gasteiger partial charge in [0, 0.05) is 12.0 Å². The van der Waals surface area contributed by atoms with Gasteiger partial charge in [0.05, 0.1) is 10.6 Å². The second-order valence-electron chi connectivity index (χ2n) is 4.27. The summed E-state index contributed by atoms with van der Waals surface area (Å²) in [6.45, 7) is 4.10. The van der Waals surface area contributed by atoms with Gasteiger partial charge in [0.1, 0.15) is 5.82 Å². The molecule has 0 saturated heterocycles. The van der Waals surface area contributed by atoms with Gasteiger partial charge in [0.15, 0.2) is 0 Å². The summed E-state index contributed by atoms with van der Waals surface area (Å²) in [7, 11) is 0. The van der Waals surface area contributed by atoms with Crippen molar-refractivity contribution in [2.75, 3.05) is 6.54 Å². The van der Waals surface area contributed by atoms with Gasteiger partial charge < -0.3 is 10.8 Å². The Bertz CT molecular complexity index is 354. The van der Waals surface area contributed by atoms with E-state index in [0.29, 0.717) is 16.6 Å². The molecule has 0 aliphatic rings. The molecule has 0 bridgehead atoms. The molecule has 0 spiro atoms. The van der Waals surface area contributed by atoms with Crippen LogP contribution >= 0.6 is 15.9 Å². The third kappa shape index (κ3) is 2.77. The van der Waals surface area contributed by atoms with Crippen LogP contribution in [0.25, 0.3) is 0 Å². The molecule has 3 N–H and O–H groups in total. The molecule has 0 saturated carbocycles. The molecule has 0 fully saturated rings. The lowest BCUT2D eigenvalue weighted by molar-refractivity contribution is 0.0554. The van der Waals surface area contributed by atoms with E-state index in [1.807, 2.05) is 13.8 Å². The van der Waals surface area contributed by atoms with E-state index in [2.05, 4.69) is 15.9 Å². The highest BCUT2D eigenvalue weighted by Crippen LogP contribution is 2.33. The van der Waals surface area contributed by atoms with Gasteiger partial charge in [-0.3, -0.25) is 0 Å². The Labute approximate surface area is 97.4 Å². The maximum absolute atomic E-state index is 13.0. The van der Waals surface area contributed by atoms with Crippen molar-refractivity contribution in [3.05, 3.63) is 34.1 Å². The van der Waals surface area contributed by atoms with Crippen molar-refractivity contribution in [2.45, 2.75) is 20.0 Å². The molecule has 1 aromatic carbocycles. The molecule has 84 valence electrons. The van der Waals surface area contributed by atoms with E-state index < -0.39 is 11.5 Å². The first-order valence-corrected chi connectivity index (χ1v) is 5.51. The first-order valence-electron chi connectivity index (χ1n) is 4.71. The predicted molar refractivity (Wildman–Crippen MR) is 61.9 cm³/mol. The van der Waals surface area contributed by atoms with Crippen molar-refractivity contribution in [2.24, 2.45) is 11.1 Å². The lowest BCUT2D eigenvalue weighted by Crippen LogP contribution is -2.30. The molecule has 15 heavy (non-hydrogen) atoms.